The van der Waals surface area contributed by atoms with Crippen molar-refractivity contribution in [2.45, 2.75) is 69.5 Å². The molecule has 3 N–H and O–H groups in total. The molecule has 4 fully saturated rings. The Morgan fingerprint density at radius 3 is 2.38 bits per heavy atom. The Balaban J connectivity index is 1.14. The maximum atomic E-state index is 13.8. The number of piperazine rings is 1. The highest BCUT2D eigenvalue weighted by atomic mass is 16.5. The minimum Gasteiger partial charge on any atom is -0.467 e. The van der Waals surface area contributed by atoms with Gasteiger partial charge >= 0.3 is 12.1 Å². The van der Waals surface area contributed by atoms with E-state index in [4.69, 9.17) is 14.2 Å². The van der Waals surface area contributed by atoms with Crippen LogP contribution in [0.25, 0.3) is 5.69 Å². The molecule has 17 nitrogen and oxygen atoms in total. The number of nitrogens with zero attached hydrogens (tertiary/aromatic N) is 5. The topological polar surface area (TPSA) is 202 Å². The molecule has 53 heavy (non-hydrogen) atoms. The van der Waals surface area contributed by atoms with E-state index in [9.17, 15) is 33.9 Å². The van der Waals surface area contributed by atoms with Gasteiger partial charge in [0.05, 0.1) is 18.9 Å². The SMILES string of the molecule is O=C(CCC(NC(=O)c1cc(OCC(=O)N2CCCC2C(=O)NC2CCC2)n(-c2ccccc2)n1)C(=O)N1CCN(C(=O)O)CC1)OCC1CCOC1. The number of nitrogens with one attached hydrogen (secondary N) is 2. The normalized spacial score (nSPS) is 20.7. The first kappa shape index (κ1) is 37.6. The monoisotopic (exact) mass is 737 g/mol. The zero-order valence-corrected chi connectivity index (χ0v) is 29.7. The van der Waals surface area contributed by atoms with Gasteiger partial charge in [0, 0.05) is 63.8 Å². The van der Waals surface area contributed by atoms with Crippen molar-refractivity contribution in [2.24, 2.45) is 5.92 Å². The van der Waals surface area contributed by atoms with Crippen LogP contribution in [0.2, 0.25) is 0 Å². The van der Waals surface area contributed by atoms with E-state index in [2.05, 4.69) is 15.7 Å². The number of benzene rings is 1. The molecule has 4 aliphatic rings. The summed E-state index contributed by atoms with van der Waals surface area (Å²) >= 11 is 0. The molecule has 4 heterocycles. The number of likely N-dealkylation sites (tertiary alicyclic amines) is 1. The number of ether oxygens (including phenoxy) is 3. The smallest absolute Gasteiger partial charge is 0.407 e. The number of carbonyl (C=O) groups excluding carboxylic acids is 5. The number of hydrogen-bond donors (Lipinski definition) is 3. The largest absolute Gasteiger partial charge is 0.467 e. The molecule has 1 aliphatic carbocycles. The molecule has 0 spiro atoms. The number of amides is 5. The van der Waals surface area contributed by atoms with Gasteiger partial charge in [-0.15, -0.1) is 0 Å². The second-order valence-corrected chi connectivity index (χ2v) is 13.9. The van der Waals surface area contributed by atoms with Crippen LogP contribution < -0.4 is 15.4 Å². The molecule has 1 saturated carbocycles. The molecule has 17 heteroatoms. The number of aromatic nitrogens is 2. The van der Waals surface area contributed by atoms with Crippen molar-refractivity contribution >= 4 is 35.7 Å². The molecule has 3 unspecified atom stereocenters. The summed E-state index contributed by atoms with van der Waals surface area (Å²) in [7, 11) is 0. The van der Waals surface area contributed by atoms with E-state index >= 15 is 0 Å². The van der Waals surface area contributed by atoms with E-state index < -0.39 is 42.6 Å². The summed E-state index contributed by atoms with van der Waals surface area (Å²) in [5.41, 5.74) is 0.444. The second kappa shape index (κ2) is 17.6. The lowest BCUT2D eigenvalue weighted by atomic mass is 9.93. The van der Waals surface area contributed by atoms with Gasteiger partial charge in [0.15, 0.2) is 12.3 Å². The predicted molar refractivity (Wildman–Crippen MR) is 186 cm³/mol. The van der Waals surface area contributed by atoms with Gasteiger partial charge in [-0.3, -0.25) is 24.0 Å². The van der Waals surface area contributed by atoms with Gasteiger partial charge in [-0.05, 0) is 57.1 Å². The molecule has 6 rings (SSSR count). The molecule has 1 aromatic carbocycles. The average molecular weight is 738 g/mol. The van der Waals surface area contributed by atoms with Crippen molar-refractivity contribution in [1.29, 1.82) is 0 Å². The predicted octanol–water partition coefficient (Wildman–Crippen LogP) is 1.19. The van der Waals surface area contributed by atoms with Crippen LogP contribution >= 0.6 is 0 Å². The van der Waals surface area contributed by atoms with Crippen LogP contribution in [0.5, 0.6) is 5.88 Å². The lowest BCUT2D eigenvalue weighted by Gasteiger charge is -2.35. The Morgan fingerprint density at radius 2 is 1.70 bits per heavy atom. The van der Waals surface area contributed by atoms with Crippen molar-refractivity contribution in [3.63, 3.8) is 0 Å². The summed E-state index contributed by atoms with van der Waals surface area (Å²) in [6, 6.07) is 8.67. The quantitative estimate of drug-likeness (QED) is 0.235. The molecule has 1 aromatic heterocycles. The molecule has 0 radical (unpaired) electrons. The molecule has 5 amide bonds. The number of carboxylic acid groups (broad SMARTS) is 1. The molecule has 3 saturated heterocycles. The Hall–Kier alpha value is -5.19. The fourth-order valence-corrected chi connectivity index (χ4v) is 6.83. The Morgan fingerprint density at radius 1 is 0.943 bits per heavy atom. The number of carbonyl (C=O) groups is 6. The van der Waals surface area contributed by atoms with Gasteiger partial charge in [0.25, 0.3) is 11.8 Å². The van der Waals surface area contributed by atoms with Gasteiger partial charge < -0.3 is 44.7 Å². The van der Waals surface area contributed by atoms with Crippen molar-refractivity contribution in [3.8, 4) is 11.6 Å². The number of para-hydroxylation sites is 1. The molecular weight excluding hydrogens is 690 g/mol. The van der Waals surface area contributed by atoms with Gasteiger partial charge in [0.1, 0.15) is 12.1 Å². The number of esters is 1. The molecule has 286 valence electrons. The average Bonchev–Trinajstić information content (AvgIpc) is 3.95. The molecule has 3 atom stereocenters. The Labute approximate surface area is 306 Å². The molecular formula is C36H47N7O10. The third kappa shape index (κ3) is 9.63. The van der Waals surface area contributed by atoms with Gasteiger partial charge in [0.2, 0.25) is 17.7 Å². The fourth-order valence-electron chi connectivity index (χ4n) is 6.83. The third-order valence-corrected chi connectivity index (χ3v) is 10.2. The van der Waals surface area contributed by atoms with Crippen molar-refractivity contribution in [2.75, 3.05) is 59.2 Å². The van der Waals surface area contributed by atoms with E-state index in [1.54, 1.807) is 24.3 Å². The fraction of sp³-hybridized carbons (Fsp3) is 0.583. The van der Waals surface area contributed by atoms with E-state index in [0.717, 1.165) is 25.7 Å². The highest BCUT2D eigenvalue weighted by Crippen LogP contribution is 2.24. The first-order valence-corrected chi connectivity index (χ1v) is 18.3. The molecule has 2 aromatic rings. The van der Waals surface area contributed by atoms with Crippen LogP contribution in [0.15, 0.2) is 36.4 Å². The first-order chi connectivity index (χ1) is 25.7. The zero-order chi connectivity index (χ0) is 37.3. The highest BCUT2D eigenvalue weighted by molar-refractivity contribution is 5.96. The third-order valence-electron chi connectivity index (χ3n) is 10.2. The molecule has 0 bridgehead atoms. The highest BCUT2D eigenvalue weighted by Gasteiger charge is 2.36. The van der Waals surface area contributed by atoms with Crippen molar-refractivity contribution < 1.29 is 48.1 Å². The van der Waals surface area contributed by atoms with E-state index in [-0.39, 0.29) is 81.0 Å². The van der Waals surface area contributed by atoms with Crippen molar-refractivity contribution in [1.82, 2.24) is 35.1 Å². The maximum absolute atomic E-state index is 13.8. The van der Waals surface area contributed by atoms with Crippen molar-refractivity contribution in [3.05, 3.63) is 42.1 Å². The zero-order valence-electron chi connectivity index (χ0n) is 29.7. The van der Waals surface area contributed by atoms with Crippen LogP contribution in [0.3, 0.4) is 0 Å². The Bertz CT molecular complexity index is 1630. The van der Waals surface area contributed by atoms with Crippen LogP contribution in [-0.4, -0.2) is 143 Å². The minimum absolute atomic E-state index is 0.0632. The summed E-state index contributed by atoms with van der Waals surface area (Å²) in [4.78, 5) is 82.1. The van der Waals surface area contributed by atoms with Crippen LogP contribution in [0, 0.1) is 5.92 Å². The van der Waals surface area contributed by atoms with Crippen LogP contribution in [0.1, 0.15) is 61.9 Å². The van der Waals surface area contributed by atoms with E-state index in [1.165, 1.54) is 25.4 Å². The summed E-state index contributed by atoms with van der Waals surface area (Å²) < 4.78 is 18.1. The van der Waals surface area contributed by atoms with E-state index in [0.29, 0.717) is 38.3 Å². The van der Waals surface area contributed by atoms with E-state index in [1.807, 2.05) is 6.07 Å². The molecule has 3 aliphatic heterocycles. The lowest BCUT2D eigenvalue weighted by Crippen LogP contribution is -2.55. The summed E-state index contributed by atoms with van der Waals surface area (Å²) in [6.07, 6.45) is 3.72. The summed E-state index contributed by atoms with van der Waals surface area (Å²) in [5.74, 6) is -2.03. The minimum atomic E-state index is -1.15. The Kier molecular flexibility index (Phi) is 12.4. The number of hydrogen-bond acceptors (Lipinski definition) is 10. The number of rotatable bonds is 14. The summed E-state index contributed by atoms with van der Waals surface area (Å²) in [5, 5.41) is 19.6. The maximum Gasteiger partial charge on any atom is 0.407 e. The van der Waals surface area contributed by atoms with Crippen LogP contribution in [0.4, 0.5) is 4.79 Å². The van der Waals surface area contributed by atoms with Gasteiger partial charge in [-0.2, -0.15) is 5.10 Å². The summed E-state index contributed by atoms with van der Waals surface area (Å²) in [6.45, 7) is 1.83. The second-order valence-electron chi connectivity index (χ2n) is 13.9. The van der Waals surface area contributed by atoms with Gasteiger partial charge in [-0.25, -0.2) is 9.48 Å². The first-order valence-electron chi connectivity index (χ1n) is 18.3. The van der Waals surface area contributed by atoms with Gasteiger partial charge in [-0.1, -0.05) is 18.2 Å². The van der Waals surface area contributed by atoms with Crippen LogP contribution in [-0.2, 0) is 28.7 Å². The lowest BCUT2D eigenvalue weighted by molar-refractivity contribution is -0.145. The standard InChI is InChI=1S/C36H47N7O10/c44-30(42-14-5-10-29(42)34(47)37-25-6-4-7-25)23-52-31-20-28(39-43(31)26-8-2-1-3-9-26)33(46)38-27(11-12-32(45)53-22-24-13-19-51-21-24)35(48)40-15-17-41(18-16-40)36(49)50/h1-3,8-9,20,24-25,27,29H,4-7,10-19,21-23H2,(H,37,47)(H,38,46)(H,49,50).